The molecule has 0 radical (unpaired) electrons. The molecule has 0 unspecified atom stereocenters. The lowest BCUT2D eigenvalue weighted by Crippen LogP contribution is -2.46. The Morgan fingerprint density at radius 3 is 2.68 bits per heavy atom. The van der Waals surface area contributed by atoms with E-state index in [9.17, 15) is 13.2 Å². The third kappa shape index (κ3) is 6.34. The fraction of sp³-hybridized carbons (Fsp3) is 0.333. The second kappa shape index (κ2) is 11.0. The average molecular weight is 550 g/mol. The van der Waals surface area contributed by atoms with Crippen LogP contribution in [0.25, 0.3) is 11.3 Å². The number of aromatic nitrogens is 2. The first-order chi connectivity index (χ1) is 17.2. The highest BCUT2D eigenvalue weighted by molar-refractivity contribution is 7.84. The van der Waals surface area contributed by atoms with Gasteiger partial charge in [-0.2, -0.15) is 13.6 Å². The number of ether oxygens (including phenoxy) is 2. The van der Waals surface area contributed by atoms with Crippen LogP contribution in [0.2, 0.25) is 0 Å². The van der Waals surface area contributed by atoms with E-state index >= 15 is 0 Å². The number of hydrogen-bond acceptors (Lipinski definition) is 8. The average Bonchev–Trinajstić information content (AvgIpc) is 3.52. The van der Waals surface area contributed by atoms with Crippen molar-refractivity contribution in [1.29, 1.82) is 0 Å². The van der Waals surface area contributed by atoms with Crippen molar-refractivity contribution in [2.24, 2.45) is 5.14 Å². The van der Waals surface area contributed by atoms with E-state index in [1.807, 2.05) is 12.1 Å². The fourth-order valence-electron chi connectivity index (χ4n) is 4.52. The summed E-state index contributed by atoms with van der Waals surface area (Å²) < 4.78 is 39.4. The van der Waals surface area contributed by atoms with Gasteiger partial charge in [0.05, 0.1) is 5.69 Å². The minimum atomic E-state index is -4.13. The van der Waals surface area contributed by atoms with Crippen molar-refractivity contribution in [3.63, 3.8) is 0 Å². The number of carbonyl (C=O) groups is 1. The summed E-state index contributed by atoms with van der Waals surface area (Å²) >= 11 is 0. The molecule has 3 heterocycles. The molecule has 198 valence electrons. The van der Waals surface area contributed by atoms with Crippen molar-refractivity contribution in [1.82, 2.24) is 19.4 Å². The summed E-state index contributed by atoms with van der Waals surface area (Å²) in [5.74, 6) is 1.64. The van der Waals surface area contributed by atoms with E-state index in [2.05, 4.69) is 16.0 Å². The molecule has 2 aromatic carbocycles. The SMILES string of the molecule is CN(C(=O)n1cnc(-c2cccc(OS(N)(=O)=O)c2)c1)C1CCN(Cc2ccc3c(c2)OCO3)CC1.Cl. The Bertz CT molecular complexity index is 1370. The van der Waals surface area contributed by atoms with E-state index in [4.69, 9.17) is 18.8 Å². The Kier molecular flexibility index (Phi) is 7.93. The fourth-order valence-corrected chi connectivity index (χ4v) is 4.89. The zero-order valence-corrected chi connectivity index (χ0v) is 21.8. The van der Waals surface area contributed by atoms with Crippen LogP contribution in [0.5, 0.6) is 17.2 Å². The van der Waals surface area contributed by atoms with Crippen molar-refractivity contribution >= 4 is 28.7 Å². The van der Waals surface area contributed by atoms with Crippen LogP contribution in [-0.4, -0.2) is 66.8 Å². The van der Waals surface area contributed by atoms with Crippen LogP contribution < -0.4 is 18.8 Å². The Balaban J connectivity index is 0.00000320. The summed E-state index contributed by atoms with van der Waals surface area (Å²) in [6.07, 6.45) is 4.79. The molecule has 2 N–H and O–H groups in total. The number of carbonyl (C=O) groups excluding carboxylic acids is 1. The van der Waals surface area contributed by atoms with Gasteiger partial charge in [-0.15, -0.1) is 12.4 Å². The van der Waals surface area contributed by atoms with Gasteiger partial charge in [0.15, 0.2) is 11.5 Å². The lowest BCUT2D eigenvalue weighted by atomic mass is 10.0. The van der Waals surface area contributed by atoms with Gasteiger partial charge >= 0.3 is 16.3 Å². The molecule has 0 atom stereocenters. The van der Waals surface area contributed by atoms with E-state index in [1.54, 1.807) is 30.3 Å². The van der Waals surface area contributed by atoms with Gasteiger partial charge in [0.2, 0.25) is 6.79 Å². The standard InChI is InChI=1S/C24H27N5O6S.ClH/c1-27(19-7-9-28(10-8-19)13-17-5-6-22-23(11-17)34-16-33-22)24(30)29-14-21(26-15-29)18-3-2-4-20(12-18)35-36(25,31)32;/h2-6,11-12,14-15,19H,7-10,13,16H2,1H3,(H2,25,31,32);1H. The number of likely N-dealkylation sites (tertiary alicyclic amines) is 1. The molecule has 37 heavy (non-hydrogen) atoms. The number of nitrogens with zero attached hydrogens (tertiary/aromatic N) is 4. The van der Waals surface area contributed by atoms with E-state index in [0.717, 1.165) is 44.0 Å². The molecule has 3 aromatic rings. The first-order valence-corrected chi connectivity index (χ1v) is 13.0. The molecule has 13 heteroatoms. The summed E-state index contributed by atoms with van der Waals surface area (Å²) in [4.78, 5) is 21.5. The highest BCUT2D eigenvalue weighted by Crippen LogP contribution is 2.33. The smallest absolute Gasteiger partial charge is 0.380 e. The molecule has 1 amide bonds. The molecule has 0 saturated carbocycles. The molecule has 1 aromatic heterocycles. The molecule has 1 saturated heterocycles. The number of hydrogen-bond donors (Lipinski definition) is 1. The van der Waals surface area contributed by atoms with Gasteiger partial charge < -0.3 is 18.6 Å². The van der Waals surface area contributed by atoms with Crippen LogP contribution in [0.3, 0.4) is 0 Å². The molecule has 0 bridgehead atoms. The number of nitrogens with two attached hydrogens (primary N) is 1. The highest BCUT2D eigenvalue weighted by atomic mass is 35.5. The van der Waals surface area contributed by atoms with Crippen LogP contribution in [0.15, 0.2) is 55.0 Å². The topological polar surface area (TPSA) is 129 Å². The quantitative estimate of drug-likeness (QED) is 0.497. The van der Waals surface area contributed by atoms with Crippen LogP contribution >= 0.6 is 12.4 Å². The van der Waals surface area contributed by atoms with Crippen molar-refractivity contribution in [2.45, 2.75) is 25.4 Å². The lowest BCUT2D eigenvalue weighted by Gasteiger charge is -2.36. The normalized spacial score (nSPS) is 15.7. The minimum Gasteiger partial charge on any atom is -0.454 e. The van der Waals surface area contributed by atoms with Crippen LogP contribution in [-0.2, 0) is 16.8 Å². The van der Waals surface area contributed by atoms with Gasteiger partial charge in [0.1, 0.15) is 12.1 Å². The molecular formula is C24H28ClN5O6S. The van der Waals surface area contributed by atoms with Crippen molar-refractivity contribution in [3.05, 3.63) is 60.6 Å². The van der Waals surface area contributed by atoms with Gasteiger partial charge in [-0.3, -0.25) is 9.47 Å². The number of imidazole rings is 1. The Morgan fingerprint density at radius 2 is 1.92 bits per heavy atom. The predicted molar refractivity (Wildman–Crippen MR) is 138 cm³/mol. The molecule has 2 aliphatic heterocycles. The molecular weight excluding hydrogens is 522 g/mol. The predicted octanol–water partition coefficient (Wildman–Crippen LogP) is 2.85. The summed E-state index contributed by atoms with van der Waals surface area (Å²) in [5, 5.41) is 4.94. The first-order valence-electron chi connectivity index (χ1n) is 11.5. The van der Waals surface area contributed by atoms with E-state index in [0.29, 0.717) is 11.3 Å². The highest BCUT2D eigenvalue weighted by Gasteiger charge is 2.27. The molecule has 0 spiro atoms. The zero-order valence-electron chi connectivity index (χ0n) is 20.1. The number of amides is 1. The van der Waals surface area contributed by atoms with Gasteiger partial charge in [0.25, 0.3) is 0 Å². The number of halogens is 1. The maximum atomic E-state index is 13.1. The zero-order chi connectivity index (χ0) is 25.3. The van der Waals surface area contributed by atoms with Crippen LogP contribution in [0.4, 0.5) is 4.79 Å². The van der Waals surface area contributed by atoms with E-state index in [-0.39, 0.29) is 37.0 Å². The molecule has 2 aliphatic rings. The Labute approximate surface area is 221 Å². The first kappa shape index (κ1) is 26.7. The molecule has 11 nitrogen and oxygen atoms in total. The van der Waals surface area contributed by atoms with Gasteiger partial charge in [-0.1, -0.05) is 18.2 Å². The molecule has 0 aliphatic carbocycles. The lowest BCUT2D eigenvalue weighted by molar-refractivity contribution is 0.131. The Hall–Kier alpha value is -3.32. The summed E-state index contributed by atoms with van der Waals surface area (Å²) in [5.41, 5.74) is 2.28. The Morgan fingerprint density at radius 1 is 1.16 bits per heavy atom. The number of rotatable bonds is 6. The summed E-state index contributed by atoms with van der Waals surface area (Å²) in [7, 11) is -2.33. The molecule has 5 rings (SSSR count). The maximum absolute atomic E-state index is 13.1. The van der Waals surface area contributed by atoms with Crippen LogP contribution in [0, 0.1) is 0 Å². The number of benzene rings is 2. The van der Waals surface area contributed by atoms with Crippen LogP contribution in [0.1, 0.15) is 18.4 Å². The minimum absolute atomic E-state index is 0. The van der Waals surface area contributed by atoms with Crippen molar-refractivity contribution in [3.8, 4) is 28.5 Å². The van der Waals surface area contributed by atoms with Gasteiger partial charge in [-0.05, 0) is 42.7 Å². The number of fused-ring (bicyclic) bond motifs is 1. The second-order valence-electron chi connectivity index (χ2n) is 8.86. The number of piperidine rings is 1. The van der Waals surface area contributed by atoms with Crippen molar-refractivity contribution < 1.29 is 26.9 Å². The second-order valence-corrected chi connectivity index (χ2v) is 10.0. The monoisotopic (exact) mass is 549 g/mol. The molecule has 1 fully saturated rings. The summed E-state index contributed by atoms with van der Waals surface area (Å²) in [6, 6.07) is 12.3. The third-order valence-electron chi connectivity index (χ3n) is 6.40. The van der Waals surface area contributed by atoms with Gasteiger partial charge in [-0.25, -0.2) is 9.78 Å². The van der Waals surface area contributed by atoms with E-state index < -0.39 is 10.3 Å². The summed E-state index contributed by atoms with van der Waals surface area (Å²) in [6.45, 7) is 2.84. The van der Waals surface area contributed by atoms with E-state index in [1.165, 1.54) is 28.6 Å². The maximum Gasteiger partial charge on any atom is 0.380 e. The third-order valence-corrected chi connectivity index (χ3v) is 6.82. The van der Waals surface area contributed by atoms with Gasteiger partial charge in [0, 0.05) is 44.5 Å². The largest absolute Gasteiger partial charge is 0.454 e. The van der Waals surface area contributed by atoms with Crippen molar-refractivity contribution in [2.75, 3.05) is 26.9 Å².